The van der Waals surface area contributed by atoms with Crippen LogP contribution in [0.4, 0.5) is 5.82 Å². The van der Waals surface area contributed by atoms with Crippen LogP contribution < -0.4 is 5.32 Å². The first kappa shape index (κ1) is 16.3. The molecule has 1 N–H and O–H groups in total. The first-order chi connectivity index (χ1) is 12.7. The number of hydrogen-bond acceptors (Lipinski definition) is 4. The molecule has 1 unspecified atom stereocenters. The number of nitrogens with one attached hydrogen (secondary N) is 1. The summed E-state index contributed by atoms with van der Waals surface area (Å²) in [5, 5.41) is 8.10. The molecule has 0 radical (unpaired) electrons. The van der Waals surface area contributed by atoms with Crippen LogP contribution in [0.5, 0.6) is 0 Å². The van der Waals surface area contributed by atoms with E-state index in [0.717, 1.165) is 41.4 Å². The summed E-state index contributed by atoms with van der Waals surface area (Å²) in [5.41, 5.74) is 3.86. The Morgan fingerprint density at radius 3 is 2.77 bits per heavy atom. The smallest absolute Gasteiger partial charge is 0.158 e. The molecule has 6 nitrogen and oxygen atoms in total. The first-order valence-corrected chi connectivity index (χ1v) is 8.85. The second-order valence-electron chi connectivity index (χ2n) is 6.52. The van der Waals surface area contributed by atoms with Crippen LogP contribution in [0.1, 0.15) is 25.1 Å². The maximum Gasteiger partial charge on any atom is 0.158 e. The largest absolute Gasteiger partial charge is 0.370 e. The number of fused-ring (bicyclic) bond motifs is 1. The lowest BCUT2D eigenvalue weighted by Crippen LogP contribution is -2.12. The van der Waals surface area contributed by atoms with Crippen LogP contribution in [0.15, 0.2) is 61.2 Å². The zero-order valence-electron chi connectivity index (χ0n) is 15.0. The standard InChI is InChI=1S/C20H22N6/c1-15-12-20-23-18(17-6-4-3-5-7-17)13-19(26(20)24-15)22-9-8-16(2)25-11-10-21-14-25/h3-7,10-14,16,22H,8-9H2,1-2H3. The van der Waals surface area contributed by atoms with E-state index >= 15 is 0 Å². The van der Waals surface area contributed by atoms with Gasteiger partial charge in [-0.05, 0) is 20.3 Å². The molecule has 0 fully saturated rings. The average molecular weight is 346 g/mol. The Kier molecular flexibility index (Phi) is 4.39. The second kappa shape index (κ2) is 7.00. The van der Waals surface area contributed by atoms with Gasteiger partial charge in [-0.3, -0.25) is 0 Å². The van der Waals surface area contributed by atoms with Gasteiger partial charge in [-0.2, -0.15) is 9.61 Å². The number of aryl methyl sites for hydroxylation is 1. The van der Waals surface area contributed by atoms with Crippen LogP contribution in [0.25, 0.3) is 16.9 Å². The molecule has 6 heteroatoms. The third-order valence-electron chi connectivity index (χ3n) is 4.52. The molecule has 132 valence electrons. The fourth-order valence-electron chi connectivity index (χ4n) is 3.06. The number of nitrogens with zero attached hydrogens (tertiary/aromatic N) is 5. The van der Waals surface area contributed by atoms with Crippen molar-refractivity contribution < 1.29 is 0 Å². The average Bonchev–Trinajstić information content (AvgIpc) is 3.31. The van der Waals surface area contributed by atoms with Crippen molar-refractivity contribution >= 4 is 11.5 Å². The number of rotatable bonds is 6. The first-order valence-electron chi connectivity index (χ1n) is 8.85. The van der Waals surface area contributed by atoms with E-state index in [1.54, 1.807) is 0 Å². The van der Waals surface area contributed by atoms with E-state index in [4.69, 9.17) is 4.98 Å². The highest BCUT2D eigenvalue weighted by atomic mass is 15.3. The van der Waals surface area contributed by atoms with Gasteiger partial charge in [-0.1, -0.05) is 30.3 Å². The number of aromatic nitrogens is 5. The summed E-state index contributed by atoms with van der Waals surface area (Å²) in [5.74, 6) is 0.958. The zero-order valence-corrected chi connectivity index (χ0v) is 15.0. The van der Waals surface area contributed by atoms with Gasteiger partial charge < -0.3 is 9.88 Å². The highest BCUT2D eigenvalue weighted by molar-refractivity contribution is 5.66. The lowest BCUT2D eigenvalue weighted by Gasteiger charge is -2.15. The second-order valence-corrected chi connectivity index (χ2v) is 6.52. The minimum Gasteiger partial charge on any atom is -0.370 e. The highest BCUT2D eigenvalue weighted by Gasteiger charge is 2.10. The lowest BCUT2D eigenvalue weighted by molar-refractivity contribution is 0.519. The SMILES string of the molecule is Cc1cc2nc(-c3ccccc3)cc(NCCC(C)n3ccnc3)n2n1. The van der Waals surface area contributed by atoms with Crippen molar-refractivity contribution in [2.45, 2.75) is 26.3 Å². The maximum atomic E-state index is 4.76. The van der Waals surface area contributed by atoms with Crippen molar-refractivity contribution in [1.82, 2.24) is 24.1 Å². The van der Waals surface area contributed by atoms with Gasteiger partial charge in [0.2, 0.25) is 0 Å². The zero-order chi connectivity index (χ0) is 17.9. The predicted molar refractivity (Wildman–Crippen MR) is 103 cm³/mol. The van der Waals surface area contributed by atoms with Crippen LogP contribution in [-0.2, 0) is 0 Å². The molecular weight excluding hydrogens is 324 g/mol. The Morgan fingerprint density at radius 2 is 2.00 bits per heavy atom. The fourth-order valence-corrected chi connectivity index (χ4v) is 3.06. The predicted octanol–water partition coefficient (Wildman–Crippen LogP) is 3.96. The van der Waals surface area contributed by atoms with E-state index in [1.807, 2.05) is 54.4 Å². The Morgan fingerprint density at radius 1 is 1.15 bits per heavy atom. The maximum absolute atomic E-state index is 4.76. The molecule has 0 saturated heterocycles. The van der Waals surface area contributed by atoms with Crippen molar-refractivity contribution in [3.05, 3.63) is 66.9 Å². The van der Waals surface area contributed by atoms with Gasteiger partial charge in [-0.25, -0.2) is 9.97 Å². The number of benzene rings is 1. The van der Waals surface area contributed by atoms with E-state index in [0.29, 0.717) is 6.04 Å². The third-order valence-corrected chi connectivity index (χ3v) is 4.52. The van der Waals surface area contributed by atoms with Gasteiger partial charge in [0, 0.05) is 42.7 Å². The van der Waals surface area contributed by atoms with E-state index in [1.165, 1.54) is 0 Å². The molecule has 0 saturated carbocycles. The van der Waals surface area contributed by atoms with Crippen molar-refractivity contribution in [3.63, 3.8) is 0 Å². The van der Waals surface area contributed by atoms with Crippen molar-refractivity contribution in [1.29, 1.82) is 0 Å². The van der Waals surface area contributed by atoms with Crippen molar-refractivity contribution in [2.75, 3.05) is 11.9 Å². The monoisotopic (exact) mass is 346 g/mol. The van der Waals surface area contributed by atoms with Crippen LogP contribution in [-0.4, -0.2) is 30.7 Å². The van der Waals surface area contributed by atoms with Crippen LogP contribution in [0, 0.1) is 6.92 Å². The van der Waals surface area contributed by atoms with E-state index in [2.05, 4.69) is 45.1 Å². The van der Waals surface area contributed by atoms with Gasteiger partial charge in [-0.15, -0.1) is 0 Å². The third kappa shape index (κ3) is 3.31. The molecule has 0 aliphatic heterocycles. The summed E-state index contributed by atoms with van der Waals surface area (Å²) in [6.45, 7) is 5.02. The number of anilines is 1. The molecule has 0 aliphatic rings. The van der Waals surface area contributed by atoms with Crippen molar-refractivity contribution in [2.24, 2.45) is 0 Å². The summed E-state index contributed by atoms with van der Waals surface area (Å²) in [4.78, 5) is 8.88. The molecule has 1 atom stereocenters. The molecule has 1 aromatic carbocycles. The van der Waals surface area contributed by atoms with E-state index < -0.39 is 0 Å². The van der Waals surface area contributed by atoms with Gasteiger partial charge in [0.15, 0.2) is 5.65 Å². The lowest BCUT2D eigenvalue weighted by atomic mass is 10.1. The van der Waals surface area contributed by atoms with Gasteiger partial charge in [0.05, 0.1) is 17.7 Å². The Balaban J connectivity index is 1.59. The molecule has 0 spiro atoms. The summed E-state index contributed by atoms with van der Waals surface area (Å²) < 4.78 is 4.00. The summed E-state index contributed by atoms with van der Waals surface area (Å²) in [7, 11) is 0. The molecule has 4 aromatic rings. The molecule has 3 aromatic heterocycles. The van der Waals surface area contributed by atoms with Gasteiger partial charge in [0.25, 0.3) is 0 Å². The minimum atomic E-state index is 0.385. The van der Waals surface area contributed by atoms with Gasteiger partial charge >= 0.3 is 0 Å². The molecule has 0 aliphatic carbocycles. The summed E-state index contributed by atoms with van der Waals surface area (Å²) in [6.07, 6.45) is 6.66. The summed E-state index contributed by atoms with van der Waals surface area (Å²) in [6, 6.07) is 14.7. The molecule has 0 amide bonds. The minimum absolute atomic E-state index is 0.385. The fraction of sp³-hybridized carbons (Fsp3) is 0.250. The molecule has 3 heterocycles. The van der Waals surface area contributed by atoms with E-state index in [-0.39, 0.29) is 0 Å². The highest BCUT2D eigenvalue weighted by Crippen LogP contribution is 2.23. The van der Waals surface area contributed by atoms with Crippen LogP contribution in [0.3, 0.4) is 0 Å². The molecular formula is C20H22N6. The molecule has 0 bridgehead atoms. The topological polar surface area (TPSA) is 60.0 Å². The Labute approximate surface area is 152 Å². The Bertz CT molecular complexity index is 988. The quantitative estimate of drug-likeness (QED) is 0.574. The number of imidazole rings is 1. The van der Waals surface area contributed by atoms with Crippen LogP contribution >= 0.6 is 0 Å². The summed E-state index contributed by atoms with van der Waals surface area (Å²) >= 11 is 0. The normalized spacial score (nSPS) is 12.4. The molecule has 4 rings (SSSR count). The van der Waals surface area contributed by atoms with Crippen molar-refractivity contribution in [3.8, 4) is 11.3 Å². The van der Waals surface area contributed by atoms with Gasteiger partial charge in [0.1, 0.15) is 5.82 Å². The Hall–Kier alpha value is -3.15. The van der Waals surface area contributed by atoms with Crippen LogP contribution in [0.2, 0.25) is 0 Å². The number of hydrogen-bond donors (Lipinski definition) is 1. The van der Waals surface area contributed by atoms with E-state index in [9.17, 15) is 0 Å². The molecule has 26 heavy (non-hydrogen) atoms.